The molecule has 1 amide bonds. The summed E-state index contributed by atoms with van der Waals surface area (Å²) >= 11 is 0. The fourth-order valence-electron chi connectivity index (χ4n) is 2.60. The van der Waals surface area contributed by atoms with Crippen molar-refractivity contribution >= 4 is 11.6 Å². The van der Waals surface area contributed by atoms with Gasteiger partial charge in [0.15, 0.2) is 0 Å². The molecular formula is C24H35N3O. The number of nitrogens with one attached hydrogen (secondary N) is 2. The molecule has 0 radical (unpaired) electrons. The Hall–Kier alpha value is -2.80. The van der Waals surface area contributed by atoms with E-state index in [0.717, 1.165) is 29.7 Å². The zero-order chi connectivity index (χ0) is 21.4. The zero-order valence-corrected chi connectivity index (χ0v) is 18.2. The van der Waals surface area contributed by atoms with Crippen LogP contribution < -0.4 is 10.6 Å². The summed E-state index contributed by atoms with van der Waals surface area (Å²) in [5.41, 5.74) is 3.53. The van der Waals surface area contributed by atoms with Crippen molar-refractivity contribution in [2.24, 2.45) is 0 Å². The number of aryl methyl sites for hydroxylation is 1. The van der Waals surface area contributed by atoms with Crippen LogP contribution in [0.4, 0.5) is 5.69 Å². The number of carbonyl (C=O) groups is 1. The molecule has 2 N–H and O–H groups in total. The second-order valence-corrected chi connectivity index (χ2v) is 5.81. The molecule has 0 saturated carbocycles. The van der Waals surface area contributed by atoms with E-state index in [1.807, 2.05) is 71.0 Å². The van der Waals surface area contributed by atoms with Gasteiger partial charge in [-0.05, 0) is 36.6 Å². The van der Waals surface area contributed by atoms with Crippen LogP contribution >= 0.6 is 0 Å². The largest absolute Gasteiger partial charge is 0.376 e. The Morgan fingerprint density at radius 1 is 1.07 bits per heavy atom. The maximum atomic E-state index is 12.3. The van der Waals surface area contributed by atoms with Crippen molar-refractivity contribution in [3.63, 3.8) is 0 Å². The number of nitriles is 1. The summed E-state index contributed by atoms with van der Waals surface area (Å²) in [4.78, 5) is 12.3. The Morgan fingerprint density at radius 2 is 1.71 bits per heavy atom. The molecule has 0 bridgehead atoms. The van der Waals surface area contributed by atoms with Gasteiger partial charge in [-0.15, -0.1) is 0 Å². The van der Waals surface area contributed by atoms with Crippen LogP contribution in [0.25, 0.3) is 0 Å². The molecule has 0 aromatic heterocycles. The van der Waals surface area contributed by atoms with Crippen molar-refractivity contribution in [1.82, 2.24) is 5.32 Å². The number of nitrogens with zero attached hydrogens (tertiary/aromatic N) is 1. The predicted octanol–water partition coefficient (Wildman–Crippen LogP) is 5.99. The van der Waals surface area contributed by atoms with Crippen LogP contribution in [-0.2, 0) is 4.79 Å². The van der Waals surface area contributed by atoms with E-state index < -0.39 is 0 Å². The number of anilines is 1. The summed E-state index contributed by atoms with van der Waals surface area (Å²) in [6.45, 7) is 12.2. The van der Waals surface area contributed by atoms with E-state index in [-0.39, 0.29) is 18.5 Å². The molecule has 0 heterocycles. The first-order valence-electron chi connectivity index (χ1n) is 10.2. The molecule has 0 fully saturated rings. The van der Waals surface area contributed by atoms with Gasteiger partial charge in [0.05, 0.1) is 24.2 Å². The van der Waals surface area contributed by atoms with Gasteiger partial charge >= 0.3 is 0 Å². The Labute approximate surface area is 171 Å². The summed E-state index contributed by atoms with van der Waals surface area (Å²) in [6.07, 6.45) is 1.90. The van der Waals surface area contributed by atoms with Crippen LogP contribution in [0, 0.1) is 18.3 Å². The van der Waals surface area contributed by atoms with Gasteiger partial charge in [-0.1, -0.05) is 77.4 Å². The van der Waals surface area contributed by atoms with E-state index in [9.17, 15) is 4.79 Å². The Morgan fingerprint density at radius 3 is 2.29 bits per heavy atom. The van der Waals surface area contributed by atoms with Gasteiger partial charge in [0, 0.05) is 5.69 Å². The Kier molecular flexibility index (Phi) is 13.7. The average molecular weight is 382 g/mol. The Bertz CT molecular complexity index is 720. The minimum Gasteiger partial charge on any atom is -0.376 e. The molecule has 152 valence electrons. The van der Waals surface area contributed by atoms with Crippen LogP contribution in [0.5, 0.6) is 0 Å². The van der Waals surface area contributed by atoms with E-state index >= 15 is 0 Å². The Balaban J connectivity index is 0.00000171. The van der Waals surface area contributed by atoms with Gasteiger partial charge in [0.1, 0.15) is 0 Å². The van der Waals surface area contributed by atoms with Crippen molar-refractivity contribution in [1.29, 1.82) is 5.26 Å². The molecule has 0 aliphatic rings. The minimum atomic E-state index is -0.0564. The number of amides is 1. The smallest absolute Gasteiger partial charge is 0.239 e. The second-order valence-electron chi connectivity index (χ2n) is 5.81. The third-order valence-electron chi connectivity index (χ3n) is 3.92. The number of hydrogen-bond acceptors (Lipinski definition) is 3. The van der Waals surface area contributed by atoms with Crippen LogP contribution in [0.1, 0.15) is 70.2 Å². The maximum Gasteiger partial charge on any atom is 0.239 e. The van der Waals surface area contributed by atoms with E-state index in [4.69, 9.17) is 5.26 Å². The number of rotatable bonds is 7. The quantitative estimate of drug-likeness (QED) is 0.619. The van der Waals surface area contributed by atoms with Gasteiger partial charge in [0.2, 0.25) is 5.91 Å². The lowest BCUT2D eigenvalue weighted by molar-refractivity contribution is -0.120. The van der Waals surface area contributed by atoms with Gasteiger partial charge < -0.3 is 10.6 Å². The molecule has 0 aliphatic heterocycles. The number of carbonyl (C=O) groups excluding carboxylic acids is 1. The molecule has 4 heteroatoms. The molecule has 0 saturated heterocycles. The normalized spacial score (nSPS) is 10.2. The summed E-state index contributed by atoms with van der Waals surface area (Å²) < 4.78 is 0. The van der Waals surface area contributed by atoms with E-state index in [2.05, 4.69) is 23.6 Å². The third kappa shape index (κ3) is 8.73. The lowest BCUT2D eigenvalue weighted by atomic mass is 10.0. The lowest BCUT2D eigenvalue weighted by Gasteiger charge is -2.19. The molecule has 2 aromatic rings. The van der Waals surface area contributed by atoms with Crippen LogP contribution in [-0.4, -0.2) is 12.5 Å². The maximum absolute atomic E-state index is 12.3. The van der Waals surface area contributed by atoms with Crippen molar-refractivity contribution in [3.05, 3.63) is 65.2 Å². The monoisotopic (exact) mass is 381 g/mol. The summed E-state index contributed by atoms with van der Waals surface area (Å²) in [6, 6.07) is 17.6. The molecule has 4 nitrogen and oxygen atoms in total. The summed E-state index contributed by atoms with van der Waals surface area (Å²) in [5.74, 6) is -0.0564. The number of benzene rings is 2. The molecule has 28 heavy (non-hydrogen) atoms. The van der Waals surface area contributed by atoms with Gasteiger partial charge in [-0.3, -0.25) is 4.79 Å². The van der Waals surface area contributed by atoms with E-state index in [1.54, 1.807) is 12.1 Å². The summed E-state index contributed by atoms with van der Waals surface area (Å²) in [7, 11) is 0. The first-order valence-corrected chi connectivity index (χ1v) is 10.2. The van der Waals surface area contributed by atoms with Gasteiger partial charge in [-0.2, -0.15) is 5.26 Å². The minimum absolute atomic E-state index is 0.0250. The fourth-order valence-corrected chi connectivity index (χ4v) is 2.60. The van der Waals surface area contributed by atoms with Crippen molar-refractivity contribution in [3.8, 4) is 6.07 Å². The SMILES string of the molecule is CC.CC.CCCC(NC(=O)CNc1cc(C#N)ccc1C)c1ccccc1. The van der Waals surface area contributed by atoms with Gasteiger partial charge in [0.25, 0.3) is 0 Å². The van der Waals surface area contributed by atoms with Gasteiger partial charge in [-0.25, -0.2) is 0 Å². The molecule has 1 unspecified atom stereocenters. The third-order valence-corrected chi connectivity index (χ3v) is 3.92. The lowest BCUT2D eigenvalue weighted by Crippen LogP contribution is -2.33. The first-order chi connectivity index (χ1) is 13.6. The van der Waals surface area contributed by atoms with Crippen molar-refractivity contribution < 1.29 is 4.79 Å². The van der Waals surface area contributed by atoms with E-state index in [0.29, 0.717) is 5.56 Å². The molecule has 0 spiro atoms. The van der Waals surface area contributed by atoms with Crippen LogP contribution in [0.2, 0.25) is 0 Å². The van der Waals surface area contributed by atoms with Crippen LogP contribution in [0.3, 0.4) is 0 Å². The second kappa shape index (κ2) is 15.3. The summed E-state index contributed by atoms with van der Waals surface area (Å²) in [5, 5.41) is 15.2. The van der Waals surface area contributed by atoms with Crippen molar-refractivity contribution in [2.75, 3.05) is 11.9 Å². The highest BCUT2D eigenvalue weighted by Gasteiger charge is 2.13. The van der Waals surface area contributed by atoms with Crippen LogP contribution in [0.15, 0.2) is 48.5 Å². The first kappa shape index (κ1) is 25.2. The fraction of sp³-hybridized carbons (Fsp3) is 0.417. The molecule has 2 aromatic carbocycles. The molecular weight excluding hydrogens is 346 g/mol. The van der Waals surface area contributed by atoms with E-state index in [1.165, 1.54) is 0 Å². The molecule has 1 atom stereocenters. The highest BCUT2D eigenvalue weighted by atomic mass is 16.1. The average Bonchev–Trinajstić information content (AvgIpc) is 2.76. The topological polar surface area (TPSA) is 64.9 Å². The zero-order valence-electron chi connectivity index (χ0n) is 18.2. The van der Waals surface area contributed by atoms with Crippen molar-refractivity contribution in [2.45, 2.75) is 60.4 Å². The standard InChI is InChI=1S/C20H23N3O.2C2H6/c1-3-7-18(17-8-5-4-6-9-17)23-20(24)14-22-19-12-16(13-21)11-10-15(19)2;2*1-2/h4-6,8-12,18,22H,3,7,14H2,1-2H3,(H,23,24);2*1-2H3. The molecule has 2 rings (SSSR count). The number of hydrogen-bond donors (Lipinski definition) is 2. The predicted molar refractivity (Wildman–Crippen MR) is 119 cm³/mol. The highest BCUT2D eigenvalue weighted by molar-refractivity contribution is 5.81. The molecule has 0 aliphatic carbocycles. The highest BCUT2D eigenvalue weighted by Crippen LogP contribution is 2.19.